The van der Waals surface area contributed by atoms with Gasteiger partial charge in [-0.05, 0) is 59.7 Å². The number of halogens is 2. The van der Waals surface area contributed by atoms with Crippen LogP contribution in [0.5, 0.6) is 34.5 Å². The van der Waals surface area contributed by atoms with E-state index in [1.54, 1.807) is 14.2 Å². The Morgan fingerprint density at radius 1 is 0.653 bits per heavy atom. The molecular formula is C35H42Cl2N2O6P2RuS+4. The molecule has 14 heteroatoms. The van der Waals surface area contributed by atoms with E-state index >= 15 is 0 Å². The molecule has 0 bridgehead atoms. The zero-order chi connectivity index (χ0) is 35.7. The maximum absolute atomic E-state index is 6.24. The van der Waals surface area contributed by atoms with Crippen LogP contribution in [0.1, 0.15) is 34.3 Å². The molecule has 2 heterocycles. The van der Waals surface area contributed by atoms with E-state index in [9.17, 15) is 0 Å². The van der Waals surface area contributed by atoms with Gasteiger partial charge < -0.3 is 39.9 Å². The third kappa shape index (κ3) is 9.55. The van der Waals surface area contributed by atoms with Crippen molar-refractivity contribution < 1.29 is 43.6 Å². The summed E-state index contributed by atoms with van der Waals surface area (Å²) in [4.78, 5) is 0.775. The first-order valence-corrected chi connectivity index (χ1v) is 25.1. The molecule has 4 N–H and O–H groups in total. The maximum atomic E-state index is 6.24. The Morgan fingerprint density at radius 2 is 1.00 bits per heavy atom. The molecule has 4 aromatic rings. The van der Waals surface area contributed by atoms with Crippen LogP contribution in [0.25, 0.3) is 0 Å². The number of nitrogens with two attached hydrogens (primary N) is 2. The predicted molar refractivity (Wildman–Crippen MR) is 207 cm³/mol. The Balaban J connectivity index is 0.000000211. The summed E-state index contributed by atoms with van der Waals surface area (Å²) in [5, 5.41) is 2.51. The van der Waals surface area contributed by atoms with Crippen molar-refractivity contribution in [3.63, 3.8) is 0 Å². The van der Waals surface area contributed by atoms with Crippen LogP contribution in [0.3, 0.4) is 0 Å². The van der Waals surface area contributed by atoms with Crippen LogP contribution in [0, 0.1) is 0 Å². The minimum atomic E-state index is -0.747. The fraction of sp³-hybridized carbons (Fsp3) is 0.286. The first-order chi connectivity index (χ1) is 23.6. The predicted octanol–water partition coefficient (Wildman–Crippen LogP) is 6.89. The molecule has 0 spiro atoms. The molecule has 0 saturated heterocycles. The topological polar surface area (TPSA) is 107 Å². The van der Waals surface area contributed by atoms with Crippen molar-refractivity contribution in [2.24, 2.45) is 11.5 Å². The Kier molecular flexibility index (Phi) is 15.2. The second-order valence-corrected chi connectivity index (χ2v) is 19.5. The van der Waals surface area contributed by atoms with Gasteiger partial charge in [-0.1, -0.05) is 36.5 Å². The Labute approximate surface area is 312 Å². The first-order valence-electron chi connectivity index (χ1n) is 15.2. The number of hydrogen-bond acceptors (Lipinski definition) is 9. The average molecular weight is 853 g/mol. The van der Waals surface area contributed by atoms with Crippen LogP contribution < -0.4 is 50.5 Å². The van der Waals surface area contributed by atoms with E-state index in [-0.39, 0.29) is 40.8 Å². The van der Waals surface area contributed by atoms with Gasteiger partial charge in [0.2, 0.25) is 13.6 Å². The van der Waals surface area contributed by atoms with Crippen LogP contribution in [0.2, 0.25) is 0 Å². The van der Waals surface area contributed by atoms with Crippen LogP contribution in [-0.2, 0) is 15.1 Å². The van der Waals surface area contributed by atoms with Crippen molar-refractivity contribution in [1.29, 1.82) is 0 Å². The molecule has 0 amide bonds. The minimum absolute atomic E-state index is 0.236. The number of ether oxygens (including phenoxy) is 6. The molecule has 0 saturated carbocycles. The Bertz CT molecular complexity index is 1600. The normalized spacial score (nSPS) is 13.6. The summed E-state index contributed by atoms with van der Waals surface area (Å²) in [7, 11) is 11.5. The fourth-order valence-electron chi connectivity index (χ4n) is 5.42. The molecule has 2 unspecified atom stereocenters. The van der Waals surface area contributed by atoms with E-state index in [1.165, 1.54) is 10.6 Å². The Morgan fingerprint density at radius 3 is 1.31 bits per heavy atom. The molecule has 2 atom stereocenters. The quantitative estimate of drug-likeness (QED) is 0.0807. The second kappa shape index (κ2) is 18.8. The number of rotatable bonds is 9. The van der Waals surface area contributed by atoms with Gasteiger partial charge in [0.25, 0.3) is 0 Å². The molecule has 49 heavy (non-hydrogen) atoms. The van der Waals surface area contributed by atoms with Gasteiger partial charge in [-0.2, -0.15) is 0 Å². The number of fused-ring (bicyclic) bond motifs is 2. The zero-order valence-electron chi connectivity index (χ0n) is 28.1. The molecule has 6 rings (SSSR count). The van der Waals surface area contributed by atoms with Crippen molar-refractivity contribution in [2.45, 2.75) is 12.1 Å². The van der Waals surface area contributed by atoms with E-state index < -0.39 is 15.8 Å². The zero-order valence-corrected chi connectivity index (χ0v) is 34.2. The summed E-state index contributed by atoms with van der Waals surface area (Å²) >= 11 is 5.70. The molecule has 0 aliphatic carbocycles. The van der Waals surface area contributed by atoms with E-state index in [0.717, 1.165) is 61.6 Å². The van der Waals surface area contributed by atoms with Gasteiger partial charge in [-0.3, -0.25) is 0 Å². The third-order valence-corrected chi connectivity index (χ3v) is 11.4. The SMILES string of the molecule is COc1ccc(C(N)C(N)c2ccc(OC)cc2)cc1.C[PH+](C)c1ccc2c(c1C(=S)c1c([PH+](C)C)ccc3c1OCO3)OCO2.[Cl][Ru+2][Cl]. The molecule has 0 radical (unpaired) electrons. The molecule has 2 aliphatic heterocycles. The summed E-state index contributed by atoms with van der Waals surface area (Å²) in [5.41, 5.74) is 16.4. The number of methoxy groups -OCH3 is 2. The standard InChI is InChI=1S/C19H20O4P2S.C16H20N2O2.2ClH.Ru/c1-24(2)13-7-5-11-17(22-9-20-11)15(13)19(26)16-14(25(3)4)8-6-12-18(16)23-10-21-12;1-19-13-7-3-11(4-8-13)15(17)16(18)12-5-9-14(20-2)10-6-12;;;/h5-8H,9-10H2,1-4H3;3-10,15-16H,17-18H2,1-2H3;2*1H;/q;;;;+4. The van der Waals surface area contributed by atoms with E-state index in [2.05, 4.69) is 38.8 Å². The molecule has 0 fully saturated rings. The van der Waals surface area contributed by atoms with E-state index in [4.69, 9.17) is 71.5 Å². The molecule has 2 aliphatic rings. The van der Waals surface area contributed by atoms with Crippen molar-refractivity contribution in [2.75, 3.05) is 54.5 Å². The van der Waals surface area contributed by atoms with Crippen molar-refractivity contribution >= 4 is 62.9 Å². The number of thiocarbonyl (C=S) groups is 1. The summed E-state index contributed by atoms with van der Waals surface area (Å²) in [6.45, 7) is 9.52. The van der Waals surface area contributed by atoms with Crippen LogP contribution in [-0.4, -0.2) is 59.3 Å². The van der Waals surface area contributed by atoms with Gasteiger partial charge >= 0.3 is 34.5 Å². The fourth-order valence-corrected chi connectivity index (χ4v) is 8.32. The molecular weight excluding hydrogens is 810 g/mol. The summed E-state index contributed by atoms with van der Waals surface area (Å²) in [6.07, 6.45) is 0. The molecule has 262 valence electrons. The molecule has 4 aromatic carbocycles. The van der Waals surface area contributed by atoms with Crippen LogP contribution in [0.4, 0.5) is 0 Å². The molecule has 0 aromatic heterocycles. The van der Waals surface area contributed by atoms with Gasteiger partial charge in [0, 0.05) is 27.9 Å². The van der Waals surface area contributed by atoms with Gasteiger partial charge in [-0.25, -0.2) is 0 Å². The summed E-state index contributed by atoms with van der Waals surface area (Å²) in [6, 6.07) is 23.0. The first kappa shape index (κ1) is 39.5. The Hall–Kier alpha value is -2.25. The molecule has 8 nitrogen and oxygen atoms in total. The second-order valence-electron chi connectivity index (χ2n) is 11.4. The van der Waals surface area contributed by atoms with Crippen molar-refractivity contribution in [1.82, 2.24) is 0 Å². The third-order valence-electron chi connectivity index (χ3n) is 8.00. The van der Waals surface area contributed by atoms with Gasteiger partial charge in [0.05, 0.1) is 56.9 Å². The number of hydrogen-bond donors (Lipinski definition) is 2. The van der Waals surface area contributed by atoms with Gasteiger partial charge in [-0.15, -0.1) is 0 Å². The van der Waals surface area contributed by atoms with E-state index in [1.807, 2.05) is 60.7 Å². The van der Waals surface area contributed by atoms with Crippen molar-refractivity contribution in [3.05, 3.63) is 95.1 Å². The van der Waals surface area contributed by atoms with Gasteiger partial charge in [0.1, 0.15) is 22.1 Å². The van der Waals surface area contributed by atoms with Crippen LogP contribution in [0.15, 0.2) is 72.8 Å². The van der Waals surface area contributed by atoms with Crippen molar-refractivity contribution in [3.8, 4) is 34.5 Å². The van der Waals surface area contributed by atoms with E-state index in [0.29, 0.717) is 0 Å². The monoisotopic (exact) mass is 852 g/mol. The van der Waals surface area contributed by atoms with Gasteiger partial charge in [0.15, 0.2) is 23.0 Å². The summed E-state index contributed by atoms with van der Waals surface area (Å²) < 4.78 is 33.1. The average Bonchev–Trinajstić information content (AvgIpc) is 3.80. The van der Waals surface area contributed by atoms with Crippen LogP contribution >= 0.6 is 47.4 Å². The number of benzene rings is 4. The summed E-state index contributed by atoms with van der Waals surface area (Å²) in [5.74, 6) is 4.67.